The first-order valence-corrected chi connectivity index (χ1v) is 14.4. The minimum absolute atomic E-state index is 0.139. The van der Waals surface area contributed by atoms with Gasteiger partial charge in [0.25, 0.3) is 0 Å². The predicted octanol–water partition coefficient (Wildman–Crippen LogP) is 6.02. The first-order chi connectivity index (χ1) is 18.5. The maximum atomic E-state index is 12.3. The number of carbonyl (C=O) groups is 1. The maximum absolute atomic E-state index is 12.3. The van der Waals surface area contributed by atoms with Gasteiger partial charge in [0.15, 0.2) is 0 Å². The van der Waals surface area contributed by atoms with E-state index in [1.807, 2.05) is 55.5 Å². The molecule has 206 valence electrons. The second-order valence-corrected chi connectivity index (χ2v) is 11.3. The highest BCUT2D eigenvalue weighted by Crippen LogP contribution is 2.38. The van der Waals surface area contributed by atoms with Crippen molar-refractivity contribution in [2.75, 3.05) is 20.6 Å². The molecule has 0 saturated heterocycles. The van der Waals surface area contributed by atoms with Gasteiger partial charge < -0.3 is 14.2 Å². The molecule has 6 nitrogen and oxygen atoms in total. The number of benzene rings is 4. The molecule has 0 fully saturated rings. The molecule has 0 aliphatic rings. The number of esters is 1. The van der Waals surface area contributed by atoms with Gasteiger partial charge in [-0.1, -0.05) is 105 Å². The summed E-state index contributed by atoms with van der Waals surface area (Å²) < 4.78 is 38.3. The lowest BCUT2D eigenvalue weighted by atomic mass is 9.77. The molecule has 0 amide bonds. The molecule has 4 aromatic rings. The zero-order chi connectivity index (χ0) is 28.5. The van der Waals surface area contributed by atoms with Gasteiger partial charge in [-0.25, -0.2) is 8.42 Å². The van der Waals surface area contributed by atoms with Gasteiger partial charge in [0.2, 0.25) is 0 Å². The van der Waals surface area contributed by atoms with Crippen LogP contribution in [-0.2, 0) is 31.7 Å². The third-order valence-electron chi connectivity index (χ3n) is 6.60. The summed E-state index contributed by atoms with van der Waals surface area (Å²) >= 11 is 0. The Kier molecular flexibility index (Phi) is 10.4. The average molecular weight is 547 g/mol. The fourth-order valence-electron chi connectivity index (χ4n) is 4.67. The summed E-state index contributed by atoms with van der Waals surface area (Å²) in [5.41, 5.74) is 1.54. The van der Waals surface area contributed by atoms with Gasteiger partial charge in [0, 0.05) is 25.3 Å². The van der Waals surface area contributed by atoms with Crippen molar-refractivity contribution in [3.05, 3.63) is 114 Å². The van der Waals surface area contributed by atoms with Gasteiger partial charge in [-0.2, -0.15) is 0 Å². The minimum Gasteiger partial charge on any atom is -0.744 e. The van der Waals surface area contributed by atoms with E-state index in [4.69, 9.17) is 4.74 Å². The standard InChI is InChI=1S/C22H29NO2.C10H8O3S/c1-5-21(24)25-22(18(2)17-23(3)4,20-14-10-7-11-15-20)16-19-12-8-6-9-13-19;11-14(12,13)10-6-5-8-3-1-2-4-9(8)7-10/h6-15,18H,5,16-17H2,1-4H3;1-7H,(H,11,12,13)/p-1. The van der Waals surface area contributed by atoms with Crippen molar-refractivity contribution in [2.45, 2.75) is 37.2 Å². The molecular weight excluding hydrogens is 510 g/mol. The molecule has 0 saturated carbocycles. The number of hydrogen-bond donors (Lipinski definition) is 0. The topological polar surface area (TPSA) is 86.7 Å². The van der Waals surface area contributed by atoms with E-state index in [9.17, 15) is 17.8 Å². The van der Waals surface area contributed by atoms with Crippen LogP contribution in [0.1, 0.15) is 31.4 Å². The second kappa shape index (κ2) is 13.5. The fourth-order valence-corrected chi connectivity index (χ4v) is 5.18. The number of rotatable bonds is 9. The lowest BCUT2D eigenvalue weighted by Crippen LogP contribution is -2.44. The summed E-state index contributed by atoms with van der Waals surface area (Å²) in [4.78, 5) is 14.3. The van der Waals surface area contributed by atoms with E-state index in [1.54, 1.807) is 18.2 Å². The van der Waals surface area contributed by atoms with Gasteiger partial charge >= 0.3 is 5.97 Å². The summed E-state index contributed by atoms with van der Waals surface area (Å²) in [6.07, 6.45) is 1.04. The van der Waals surface area contributed by atoms with Crippen molar-refractivity contribution >= 4 is 26.9 Å². The number of carbonyl (C=O) groups excluding carboxylic acids is 1. The van der Waals surface area contributed by atoms with Crippen molar-refractivity contribution < 1.29 is 22.5 Å². The molecule has 0 bridgehead atoms. The smallest absolute Gasteiger partial charge is 0.306 e. The minimum atomic E-state index is -4.34. The van der Waals surface area contributed by atoms with Crippen LogP contribution in [0.4, 0.5) is 0 Å². The monoisotopic (exact) mass is 546 g/mol. The molecule has 0 heterocycles. The first-order valence-electron chi connectivity index (χ1n) is 13.0. The molecule has 2 atom stereocenters. The highest BCUT2D eigenvalue weighted by atomic mass is 32.2. The Morgan fingerprint density at radius 2 is 1.44 bits per heavy atom. The van der Waals surface area contributed by atoms with Crippen LogP contribution in [-0.4, -0.2) is 44.5 Å². The Morgan fingerprint density at radius 1 is 0.872 bits per heavy atom. The molecule has 0 aromatic heterocycles. The highest BCUT2D eigenvalue weighted by molar-refractivity contribution is 7.85. The first kappa shape index (κ1) is 30.0. The molecule has 0 aliphatic heterocycles. The second-order valence-electron chi connectivity index (χ2n) is 9.87. The van der Waals surface area contributed by atoms with Crippen LogP contribution in [0.5, 0.6) is 0 Å². The fraction of sp³-hybridized carbons (Fsp3) is 0.281. The summed E-state index contributed by atoms with van der Waals surface area (Å²) in [6.45, 7) is 4.84. The van der Waals surface area contributed by atoms with E-state index in [2.05, 4.69) is 50.2 Å². The Hall–Kier alpha value is -3.52. The van der Waals surface area contributed by atoms with E-state index in [1.165, 1.54) is 17.7 Å². The zero-order valence-electron chi connectivity index (χ0n) is 22.9. The Balaban J connectivity index is 0.000000252. The third kappa shape index (κ3) is 8.23. The van der Waals surface area contributed by atoms with Crippen molar-refractivity contribution in [1.82, 2.24) is 4.90 Å². The average Bonchev–Trinajstić information content (AvgIpc) is 2.92. The Bertz CT molecular complexity index is 1460. The van der Waals surface area contributed by atoms with Crippen molar-refractivity contribution in [1.29, 1.82) is 0 Å². The number of nitrogens with zero attached hydrogens (tertiary/aromatic N) is 1. The molecule has 4 rings (SSSR count). The SMILES string of the molecule is CCC(=O)OC(Cc1ccccc1)(c1ccccc1)C(C)CN(C)C.O=S(=O)([O-])c1ccc2ccccc2c1. The number of hydrogen-bond acceptors (Lipinski definition) is 6. The Morgan fingerprint density at radius 3 is 2.00 bits per heavy atom. The predicted molar refractivity (Wildman–Crippen MR) is 154 cm³/mol. The molecule has 39 heavy (non-hydrogen) atoms. The van der Waals surface area contributed by atoms with Gasteiger partial charge in [0.05, 0.1) is 4.90 Å². The quantitative estimate of drug-likeness (QED) is 0.189. The number of ether oxygens (including phenoxy) is 1. The lowest BCUT2D eigenvalue weighted by Gasteiger charge is -2.40. The van der Waals surface area contributed by atoms with E-state index < -0.39 is 15.7 Å². The normalized spacial score (nSPS) is 13.7. The van der Waals surface area contributed by atoms with Crippen LogP contribution < -0.4 is 0 Å². The van der Waals surface area contributed by atoms with E-state index in [0.717, 1.165) is 22.9 Å². The summed E-state index contributed by atoms with van der Waals surface area (Å²) in [7, 11) is -0.240. The van der Waals surface area contributed by atoms with Crippen LogP contribution in [0.3, 0.4) is 0 Å². The van der Waals surface area contributed by atoms with Crippen LogP contribution in [0.2, 0.25) is 0 Å². The van der Waals surface area contributed by atoms with Gasteiger partial charge in [0.1, 0.15) is 15.7 Å². The van der Waals surface area contributed by atoms with Crippen LogP contribution in [0.15, 0.2) is 108 Å². The molecule has 7 heteroatoms. The van der Waals surface area contributed by atoms with Crippen molar-refractivity contribution in [2.24, 2.45) is 5.92 Å². The molecule has 2 unspecified atom stereocenters. The van der Waals surface area contributed by atoms with Crippen LogP contribution in [0, 0.1) is 5.92 Å². The highest BCUT2D eigenvalue weighted by Gasteiger charge is 2.42. The summed E-state index contributed by atoms with van der Waals surface area (Å²) in [6, 6.07) is 32.0. The van der Waals surface area contributed by atoms with E-state index >= 15 is 0 Å². The van der Waals surface area contributed by atoms with Crippen molar-refractivity contribution in [3.63, 3.8) is 0 Å². The third-order valence-corrected chi connectivity index (χ3v) is 7.43. The molecule has 0 spiro atoms. The Labute approximate surface area is 232 Å². The number of fused-ring (bicyclic) bond motifs is 1. The van der Waals surface area contributed by atoms with Crippen LogP contribution >= 0.6 is 0 Å². The van der Waals surface area contributed by atoms with Gasteiger partial charge in [-0.15, -0.1) is 0 Å². The molecule has 0 N–H and O–H groups in total. The molecule has 0 aliphatic carbocycles. The maximum Gasteiger partial charge on any atom is 0.306 e. The summed E-state index contributed by atoms with van der Waals surface area (Å²) in [5.74, 6) is -0.0222. The van der Waals surface area contributed by atoms with Crippen LogP contribution in [0.25, 0.3) is 10.8 Å². The molecule has 4 aromatic carbocycles. The van der Waals surface area contributed by atoms with E-state index in [0.29, 0.717) is 12.8 Å². The van der Waals surface area contributed by atoms with E-state index in [-0.39, 0.29) is 16.8 Å². The lowest BCUT2D eigenvalue weighted by molar-refractivity contribution is -0.168. The summed E-state index contributed by atoms with van der Waals surface area (Å²) in [5, 5.41) is 1.67. The molecule has 0 radical (unpaired) electrons. The van der Waals surface area contributed by atoms with Gasteiger partial charge in [-0.05, 0) is 48.1 Å². The van der Waals surface area contributed by atoms with Gasteiger partial charge in [-0.3, -0.25) is 4.79 Å². The molecular formula is C32H36NO5S-. The van der Waals surface area contributed by atoms with Crippen molar-refractivity contribution in [3.8, 4) is 0 Å². The largest absolute Gasteiger partial charge is 0.744 e. The zero-order valence-corrected chi connectivity index (χ0v) is 23.7.